The molecule has 1 rings (SSSR count). The van der Waals surface area contributed by atoms with Gasteiger partial charge in [0.15, 0.2) is 6.29 Å². The molecular weight excluding hydrogens is 204 g/mol. The van der Waals surface area contributed by atoms with E-state index >= 15 is 0 Å². The molecule has 1 aromatic rings. The number of benzene rings is 1. The van der Waals surface area contributed by atoms with Gasteiger partial charge in [-0.3, -0.25) is 0 Å². The fourth-order valence-electron chi connectivity index (χ4n) is 1.46. The van der Waals surface area contributed by atoms with E-state index in [-0.39, 0.29) is 0 Å². The molecular formula is C13H16O3. The Morgan fingerprint density at radius 1 is 1.12 bits per heavy atom. The van der Waals surface area contributed by atoms with Gasteiger partial charge in [-0.1, -0.05) is 5.92 Å². The van der Waals surface area contributed by atoms with Gasteiger partial charge in [0.2, 0.25) is 0 Å². The smallest absolute Gasteiger partial charge is 0.184 e. The minimum absolute atomic E-state index is 0.401. The average molecular weight is 220 g/mol. The van der Waals surface area contributed by atoms with E-state index in [0.717, 1.165) is 16.9 Å². The highest BCUT2D eigenvalue weighted by molar-refractivity contribution is 5.46. The lowest BCUT2D eigenvalue weighted by molar-refractivity contribution is -0.106. The van der Waals surface area contributed by atoms with Crippen LogP contribution < -0.4 is 4.74 Å². The molecule has 0 aliphatic rings. The highest BCUT2D eigenvalue weighted by Crippen LogP contribution is 2.25. The second-order valence-electron chi connectivity index (χ2n) is 3.13. The Kier molecular flexibility index (Phi) is 4.84. The second-order valence-corrected chi connectivity index (χ2v) is 3.13. The molecule has 0 bridgehead atoms. The maximum absolute atomic E-state index is 5.22. The first-order valence-electron chi connectivity index (χ1n) is 4.93. The number of ether oxygens (including phenoxy) is 3. The molecule has 0 saturated carbocycles. The molecule has 1 aromatic carbocycles. The summed E-state index contributed by atoms with van der Waals surface area (Å²) in [4.78, 5) is 0. The molecule has 0 heterocycles. The van der Waals surface area contributed by atoms with Crippen molar-refractivity contribution in [2.24, 2.45) is 0 Å². The van der Waals surface area contributed by atoms with E-state index in [1.54, 1.807) is 28.3 Å². The van der Waals surface area contributed by atoms with Crippen molar-refractivity contribution in [1.82, 2.24) is 0 Å². The summed E-state index contributed by atoms with van der Waals surface area (Å²) in [6.45, 7) is 1.79. The van der Waals surface area contributed by atoms with Gasteiger partial charge in [0.1, 0.15) is 5.75 Å². The van der Waals surface area contributed by atoms with E-state index < -0.39 is 6.29 Å². The zero-order valence-corrected chi connectivity index (χ0v) is 10.0. The van der Waals surface area contributed by atoms with Gasteiger partial charge in [-0.15, -0.1) is 5.92 Å². The van der Waals surface area contributed by atoms with Crippen molar-refractivity contribution < 1.29 is 14.2 Å². The Labute approximate surface area is 96.3 Å². The fourth-order valence-corrected chi connectivity index (χ4v) is 1.46. The summed E-state index contributed by atoms with van der Waals surface area (Å²) in [5.74, 6) is 6.64. The van der Waals surface area contributed by atoms with E-state index in [9.17, 15) is 0 Å². The van der Waals surface area contributed by atoms with Crippen LogP contribution in [0.1, 0.15) is 24.3 Å². The van der Waals surface area contributed by atoms with Crippen LogP contribution in [0.15, 0.2) is 18.2 Å². The van der Waals surface area contributed by atoms with Crippen molar-refractivity contribution in [3.8, 4) is 17.6 Å². The summed E-state index contributed by atoms with van der Waals surface area (Å²) in [5, 5.41) is 0. The van der Waals surface area contributed by atoms with E-state index in [2.05, 4.69) is 11.8 Å². The summed E-state index contributed by atoms with van der Waals surface area (Å²) in [5.41, 5.74) is 1.76. The molecule has 0 aliphatic carbocycles. The van der Waals surface area contributed by atoms with Gasteiger partial charge < -0.3 is 14.2 Å². The third kappa shape index (κ3) is 2.75. The second kappa shape index (κ2) is 6.16. The topological polar surface area (TPSA) is 27.7 Å². The molecule has 0 spiro atoms. The summed E-state index contributed by atoms with van der Waals surface area (Å²) in [6.07, 6.45) is -0.401. The Balaban J connectivity index is 3.19. The standard InChI is InChI=1S/C13H16O3/c1-5-6-10-9-11(14-2)7-8-12(10)13(15-3)16-4/h7-9,13H,1-4H3. The van der Waals surface area contributed by atoms with Crippen molar-refractivity contribution >= 4 is 0 Å². The SMILES string of the molecule is CC#Cc1cc(OC)ccc1C(OC)OC. The predicted molar refractivity (Wildman–Crippen MR) is 62.3 cm³/mol. The first-order valence-corrected chi connectivity index (χ1v) is 4.93. The minimum atomic E-state index is -0.401. The third-order valence-corrected chi connectivity index (χ3v) is 2.20. The highest BCUT2D eigenvalue weighted by atomic mass is 16.7. The predicted octanol–water partition coefficient (Wildman–Crippen LogP) is 2.36. The van der Waals surface area contributed by atoms with Crippen LogP contribution in [0.2, 0.25) is 0 Å². The number of rotatable bonds is 4. The first-order chi connectivity index (χ1) is 7.76. The van der Waals surface area contributed by atoms with Crippen molar-refractivity contribution in [3.05, 3.63) is 29.3 Å². The van der Waals surface area contributed by atoms with Crippen molar-refractivity contribution in [1.29, 1.82) is 0 Å². The van der Waals surface area contributed by atoms with Crippen LogP contribution in [0.4, 0.5) is 0 Å². The molecule has 0 aromatic heterocycles. The number of hydrogen-bond acceptors (Lipinski definition) is 3. The summed E-state index contributed by atoms with van der Waals surface area (Å²) in [6, 6.07) is 5.63. The largest absolute Gasteiger partial charge is 0.497 e. The molecule has 0 unspecified atom stereocenters. The quantitative estimate of drug-likeness (QED) is 0.576. The molecule has 0 aliphatic heterocycles. The molecule has 0 N–H and O–H groups in total. The van der Waals surface area contributed by atoms with Crippen LogP contribution >= 0.6 is 0 Å². The summed E-state index contributed by atoms with van der Waals surface area (Å²) < 4.78 is 15.6. The Hall–Kier alpha value is -1.50. The molecule has 0 atom stereocenters. The Morgan fingerprint density at radius 2 is 1.81 bits per heavy atom. The zero-order valence-electron chi connectivity index (χ0n) is 10.0. The van der Waals surface area contributed by atoms with Crippen LogP contribution in [-0.2, 0) is 9.47 Å². The maximum Gasteiger partial charge on any atom is 0.184 e. The van der Waals surface area contributed by atoms with Gasteiger partial charge in [-0.2, -0.15) is 0 Å². The molecule has 3 heteroatoms. The van der Waals surface area contributed by atoms with Crippen LogP contribution in [0, 0.1) is 11.8 Å². The summed E-state index contributed by atoms with van der Waals surface area (Å²) in [7, 11) is 4.82. The number of methoxy groups -OCH3 is 3. The van der Waals surface area contributed by atoms with Gasteiger partial charge >= 0.3 is 0 Å². The third-order valence-electron chi connectivity index (χ3n) is 2.20. The molecule has 16 heavy (non-hydrogen) atoms. The lowest BCUT2D eigenvalue weighted by Crippen LogP contribution is -2.06. The molecule has 0 saturated heterocycles. The Morgan fingerprint density at radius 3 is 2.31 bits per heavy atom. The van der Waals surface area contributed by atoms with E-state index in [1.807, 2.05) is 18.2 Å². The molecule has 0 fully saturated rings. The van der Waals surface area contributed by atoms with Gasteiger partial charge in [0.05, 0.1) is 7.11 Å². The van der Waals surface area contributed by atoms with Crippen LogP contribution in [-0.4, -0.2) is 21.3 Å². The fraction of sp³-hybridized carbons (Fsp3) is 0.385. The van der Waals surface area contributed by atoms with Crippen molar-refractivity contribution in [3.63, 3.8) is 0 Å². The monoisotopic (exact) mass is 220 g/mol. The molecule has 0 amide bonds. The van der Waals surface area contributed by atoms with E-state index in [1.165, 1.54) is 0 Å². The highest BCUT2D eigenvalue weighted by Gasteiger charge is 2.13. The van der Waals surface area contributed by atoms with Gasteiger partial charge in [-0.25, -0.2) is 0 Å². The zero-order chi connectivity index (χ0) is 12.0. The van der Waals surface area contributed by atoms with Crippen LogP contribution in [0.3, 0.4) is 0 Å². The van der Waals surface area contributed by atoms with Gasteiger partial charge in [0.25, 0.3) is 0 Å². The van der Waals surface area contributed by atoms with E-state index in [0.29, 0.717) is 0 Å². The van der Waals surface area contributed by atoms with Crippen LogP contribution in [0.25, 0.3) is 0 Å². The molecule has 3 nitrogen and oxygen atoms in total. The van der Waals surface area contributed by atoms with Gasteiger partial charge in [-0.05, 0) is 25.1 Å². The Bertz CT molecular complexity index is 397. The van der Waals surface area contributed by atoms with Crippen molar-refractivity contribution in [2.75, 3.05) is 21.3 Å². The van der Waals surface area contributed by atoms with E-state index in [4.69, 9.17) is 14.2 Å². The lowest BCUT2D eigenvalue weighted by atomic mass is 10.1. The minimum Gasteiger partial charge on any atom is -0.497 e. The van der Waals surface area contributed by atoms with Crippen molar-refractivity contribution in [2.45, 2.75) is 13.2 Å². The average Bonchev–Trinajstić information content (AvgIpc) is 2.32. The van der Waals surface area contributed by atoms with Crippen LogP contribution in [0.5, 0.6) is 5.75 Å². The normalized spacial score (nSPS) is 9.81. The molecule has 0 radical (unpaired) electrons. The first kappa shape index (κ1) is 12.6. The van der Waals surface area contributed by atoms with Gasteiger partial charge in [0, 0.05) is 25.3 Å². The lowest BCUT2D eigenvalue weighted by Gasteiger charge is -2.16. The molecule has 86 valence electrons. The summed E-state index contributed by atoms with van der Waals surface area (Å²) >= 11 is 0. The number of hydrogen-bond donors (Lipinski definition) is 0. The maximum atomic E-state index is 5.22.